The minimum atomic E-state index is -0.639. The zero-order chi connectivity index (χ0) is 12.3. The summed E-state index contributed by atoms with van der Waals surface area (Å²) < 4.78 is 11.7. The molecule has 0 saturated heterocycles. The zero-order valence-electron chi connectivity index (χ0n) is 9.70. The lowest BCUT2D eigenvalue weighted by molar-refractivity contribution is 0.0599. The Labute approximate surface area is 98.0 Å². The topological polar surface area (TPSA) is 86.2 Å². The van der Waals surface area contributed by atoms with Crippen molar-refractivity contribution in [3.8, 4) is 11.5 Å². The summed E-state index contributed by atoms with van der Waals surface area (Å²) in [5.41, 5.74) is 0.765. The van der Waals surface area contributed by atoms with E-state index in [9.17, 15) is 5.11 Å². The summed E-state index contributed by atoms with van der Waals surface area (Å²) in [6, 6.07) is 0. The van der Waals surface area contributed by atoms with Gasteiger partial charge in [-0.1, -0.05) is 5.16 Å². The van der Waals surface area contributed by atoms with Gasteiger partial charge in [-0.3, -0.25) is 0 Å². The van der Waals surface area contributed by atoms with Crippen molar-refractivity contribution in [2.45, 2.75) is 12.5 Å². The molecule has 2 aromatic rings. The van der Waals surface area contributed by atoms with Gasteiger partial charge in [-0.2, -0.15) is 4.98 Å². The molecule has 0 aliphatic carbocycles. The van der Waals surface area contributed by atoms with Crippen LogP contribution >= 0.6 is 0 Å². The van der Waals surface area contributed by atoms with E-state index in [1.807, 2.05) is 7.05 Å². The Morgan fingerprint density at radius 3 is 3.06 bits per heavy atom. The first-order valence-corrected chi connectivity index (χ1v) is 5.17. The molecule has 92 valence electrons. The minimum Gasteiger partial charge on any atom is -0.390 e. The lowest BCUT2D eigenvalue weighted by atomic mass is 10.3. The van der Waals surface area contributed by atoms with E-state index in [4.69, 9.17) is 9.26 Å². The van der Waals surface area contributed by atoms with E-state index >= 15 is 0 Å². The van der Waals surface area contributed by atoms with Crippen molar-refractivity contribution in [2.24, 2.45) is 7.05 Å². The molecule has 0 spiro atoms. The summed E-state index contributed by atoms with van der Waals surface area (Å²) in [6.45, 7) is 0.240. The second-order valence-electron chi connectivity index (χ2n) is 3.71. The largest absolute Gasteiger partial charge is 0.390 e. The van der Waals surface area contributed by atoms with Crippen LogP contribution in [0.1, 0.15) is 5.89 Å². The fraction of sp³-hybridized carbons (Fsp3) is 0.500. The number of nitrogens with zero attached hydrogens (tertiary/aromatic N) is 4. The van der Waals surface area contributed by atoms with Crippen molar-refractivity contribution in [3.05, 3.63) is 18.4 Å². The minimum absolute atomic E-state index is 0.240. The normalized spacial score (nSPS) is 12.9. The molecule has 0 radical (unpaired) electrons. The highest BCUT2D eigenvalue weighted by atomic mass is 16.5. The average Bonchev–Trinajstić information content (AvgIpc) is 2.87. The summed E-state index contributed by atoms with van der Waals surface area (Å²) in [5, 5.41) is 13.4. The molecular formula is C10H14N4O3. The summed E-state index contributed by atoms with van der Waals surface area (Å²) in [7, 11) is 3.37. The molecule has 0 fully saturated rings. The average molecular weight is 238 g/mol. The predicted molar refractivity (Wildman–Crippen MR) is 58.1 cm³/mol. The van der Waals surface area contributed by atoms with Gasteiger partial charge in [0.2, 0.25) is 11.7 Å². The molecule has 0 aromatic carbocycles. The maximum Gasteiger partial charge on any atom is 0.229 e. The number of aliphatic hydroxyl groups excluding tert-OH is 1. The monoisotopic (exact) mass is 238 g/mol. The molecule has 2 heterocycles. The summed E-state index contributed by atoms with van der Waals surface area (Å²) in [5.74, 6) is 0.843. The Balaban J connectivity index is 2.09. The molecule has 0 aliphatic rings. The number of rotatable bonds is 5. The summed E-state index contributed by atoms with van der Waals surface area (Å²) in [6.07, 6.45) is 2.95. The van der Waals surface area contributed by atoms with Crippen LogP contribution in [0.4, 0.5) is 0 Å². The van der Waals surface area contributed by atoms with Gasteiger partial charge in [-0.25, -0.2) is 4.98 Å². The predicted octanol–water partition coefficient (Wildman–Crippen LogP) is 0.0199. The third kappa shape index (κ3) is 2.69. The van der Waals surface area contributed by atoms with Crippen LogP contribution in [0.2, 0.25) is 0 Å². The Bertz CT molecular complexity index is 479. The van der Waals surface area contributed by atoms with Crippen LogP contribution < -0.4 is 0 Å². The van der Waals surface area contributed by atoms with Gasteiger partial charge in [0.1, 0.15) is 5.69 Å². The van der Waals surface area contributed by atoms with Gasteiger partial charge in [-0.05, 0) is 0 Å². The molecule has 0 saturated carbocycles. The SMILES string of the molecule is COCC(O)Cc1nc(-c2cncn2C)no1. The molecule has 1 unspecified atom stereocenters. The van der Waals surface area contributed by atoms with E-state index in [2.05, 4.69) is 15.1 Å². The molecule has 0 amide bonds. The highest BCUT2D eigenvalue weighted by Crippen LogP contribution is 2.14. The molecular weight excluding hydrogens is 224 g/mol. The molecule has 7 nitrogen and oxygen atoms in total. The Morgan fingerprint density at radius 2 is 2.41 bits per heavy atom. The van der Waals surface area contributed by atoms with Gasteiger partial charge in [-0.15, -0.1) is 0 Å². The fourth-order valence-corrected chi connectivity index (χ4v) is 1.47. The lowest BCUT2D eigenvalue weighted by Gasteiger charge is -2.04. The maximum absolute atomic E-state index is 9.53. The third-order valence-corrected chi connectivity index (χ3v) is 2.28. The quantitative estimate of drug-likeness (QED) is 0.790. The van der Waals surface area contributed by atoms with Crippen molar-refractivity contribution in [1.29, 1.82) is 0 Å². The van der Waals surface area contributed by atoms with E-state index in [0.29, 0.717) is 11.7 Å². The van der Waals surface area contributed by atoms with Crippen LogP contribution in [-0.4, -0.2) is 44.6 Å². The summed E-state index contributed by atoms with van der Waals surface area (Å²) in [4.78, 5) is 8.15. The van der Waals surface area contributed by atoms with Crippen molar-refractivity contribution >= 4 is 0 Å². The second kappa shape index (κ2) is 5.07. The van der Waals surface area contributed by atoms with Gasteiger partial charge in [0, 0.05) is 14.2 Å². The number of hydrogen-bond donors (Lipinski definition) is 1. The van der Waals surface area contributed by atoms with Gasteiger partial charge in [0.05, 0.1) is 31.7 Å². The van der Waals surface area contributed by atoms with Crippen LogP contribution in [0, 0.1) is 0 Å². The van der Waals surface area contributed by atoms with Crippen LogP contribution in [0.3, 0.4) is 0 Å². The first-order chi connectivity index (χ1) is 8.20. The first kappa shape index (κ1) is 11.7. The van der Waals surface area contributed by atoms with Crippen molar-refractivity contribution in [3.63, 3.8) is 0 Å². The molecule has 2 rings (SSSR count). The Hall–Kier alpha value is -1.73. The molecule has 17 heavy (non-hydrogen) atoms. The molecule has 2 aromatic heterocycles. The number of ether oxygens (including phenoxy) is 1. The number of methoxy groups -OCH3 is 1. The molecule has 1 atom stereocenters. The zero-order valence-corrected chi connectivity index (χ0v) is 9.70. The van der Waals surface area contributed by atoms with Crippen LogP contribution in [0.25, 0.3) is 11.5 Å². The van der Waals surface area contributed by atoms with Gasteiger partial charge in [0.25, 0.3) is 0 Å². The lowest BCUT2D eigenvalue weighted by Crippen LogP contribution is -2.17. The third-order valence-electron chi connectivity index (χ3n) is 2.28. The number of imidazole rings is 1. The highest BCUT2D eigenvalue weighted by Gasteiger charge is 2.14. The van der Waals surface area contributed by atoms with E-state index in [1.54, 1.807) is 17.1 Å². The van der Waals surface area contributed by atoms with Gasteiger partial charge >= 0.3 is 0 Å². The highest BCUT2D eigenvalue weighted by molar-refractivity contribution is 5.46. The van der Waals surface area contributed by atoms with Crippen molar-refractivity contribution in [1.82, 2.24) is 19.7 Å². The van der Waals surface area contributed by atoms with Crippen molar-refractivity contribution < 1.29 is 14.4 Å². The Morgan fingerprint density at radius 1 is 1.59 bits per heavy atom. The fourth-order valence-electron chi connectivity index (χ4n) is 1.47. The summed E-state index contributed by atoms with van der Waals surface area (Å²) >= 11 is 0. The van der Waals surface area contributed by atoms with Gasteiger partial charge < -0.3 is 18.9 Å². The molecule has 0 bridgehead atoms. The van der Waals surface area contributed by atoms with E-state index in [-0.39, 0.29) is 13.0 Å². The first-order valence-electron chi connectivity index (χ1n) is 5.17. The van der Waals surface area contributed by atoms with E-state index < -0.39 is 6.10 Å². The number of hydrogen-bond acceptors (Lipinski definition) is 6. The van der Waals surface area contributed by atoms with Crippen LogP contribution in [0.5, 0.6) is 0 Å². The Kier molecular flexibility index (Phi) is 3.50. The maximum atomic E-state index is 9.53. The smallest absolute Gasteiger partial charge is 0.229 e. The second-order valence-corrected chi connectivity index (χ2v) is 3.71. The van der Waals surface area contributed by atoms with Crippen molar-refractivity contribution in [2.75, 3.05) is 13.7 Å². The van der Waals surface area contributed by atoms with Crippen LogP contribution in [-0.2, 0) is 18.2 Å². The number of aryl methyl sites for hydroxylation is 1. The number of aliphatic hydroxyl groups is 1. The number of aromatic nitrogens is 4. The van der Waals surface area contributed by atoms with E-state index in [0.717, 1.165) is 5.69 Å². The standard InChI is InChI=1S/C10H14N4O3/c1-14-6-11-4-8(14)10-12-9(17-13-10)3-7(15)5-16-2/h4,6-7,15H,3,5H2,1-2H3. The molecule has 0 aliphatic heterocycles. The van der Waals surface area contributed by atoms with Crippen LogP contribution in [0.15, 0.2) is 17.0 Å². The molecule has 1 N–H and O–H groups in total. The van der Waals surface area contributed by atoms with E-state index in [1.165, 1.54) is 7.11 Å². The van der Waals surface area contributed by atoms with Gasteiger partial charge in [0.15, 0.2) is 0 Å². The molecule has 7 heteroatoms.